The number of rotatable bonds is 2. The molecule has 3 N–H and O–H groups in total. The molecule has 3 rings (SSSR count). The van der Waals surface area contributed by atoms with Crippen LogP contribution in [0.2, 0.25) is 0 Å². The maximum atomic E-state index is 11.2. The van der Waals surface area contributed by atoms with E-state index in [1.807, 2.05) is 23.6 Å². The highest BCUT2D eigenvalue weighted by molar-refractivity contribution is 7.13. The first-order valence-electron chi connectivity index (χ1n) is 6.20. The van der Waals surface area contributed by atoms with Crippen molar-refractivity contribution in [1.82, 2.24) is 15.3 Å². The van der Waals surface area contributed by atoms with Gasteiger partial charge in [0.05, 0.1) is 10.6 Å². The summed E-state index contributed by atoms with van der Waals surface area (Å²) in [4.78, 5) is 19.8. The molecule has 0 aromatic carbocycles. The minimum atomic E-state index is -0.304. The summed E-state index contributed by atoms with van der Waals surface area (Å²) in [5, 5.41) is 17.6. The highest BCUT2D eigenvalue weighted by Gasteiger charge is 2.14. The fraction of sp³-hybridized carbons (Fsp3) is 0.0714. The van der Waals surface area contributed by atoms with Gasteiger partial charge < -0.3 is 15.5 Å². The summed E-state index contributed by atoms with van der Waals surface area (Å²) in [5.41, 5.74) is 2.21. The molecule has 0 aliphatic heterocycles. The van der Waals surface area contributed by atoms with Crippen molar-refractivity contribution in [3.8, 4) is 10.6 Å². The van der Waals surface area contributed by atoms with Crippen molar-refractivity contribution in [3.63, 3.8) is 0 Å². The normalized spacial score (nSPS) is 11.8. The van der Waals surface area contributed by atoms with Crippen molar-refractivity contribution in [2.75, 3.05) is 0 Å². The molecule has 0 spiro atoms. The molecule has 0 unspecified atom stereocenters. The van der Waals surface area contributed by atoms with Crippen molar-refractivity contribution in [1.29, 1.82) is 0 Å². The Morgan fingerprint density at radius 3 is 3.00 bits per heavy atom. The van der Waals surface area contributed by atoms with Crippen LogP contribution >= 0.6 is 11.3 Å². The molecule has 0 atom stereocenters. The topological polar surface area (TPSA) is 90.4 Å². The van der Waals surface area contributed by atoms with Crippen LogP contribution in [0.5, 0.6) is 0 Å². The zero-order valence-corrected chi connectivity index (χ0v) is 11.9. The Morgan fingerprint density at radius 1 is 1.48 bits per heavy atom. The van der Waals surface area contributed by atoms with Gasteiger partial charge in [0.25, 0.3) is 0 Å². The Balaban J connectivity index is 2.13. The predicted octanol–water partition coefficient (Wildman–Crippen LogP) is 2.56. The zero-order valence-electron chi connectivity index (χ0n) is 11.1. The summed E-state index contributed by atoms with van der Waals surface area (Å²) < 4.78 is 0. The molecule has 1 amide bonds. The van der Waals surface area contributed by atoms with Crippen LogP contribution in [-0.2, 0) is 4.79 Å². The SMILES string of the molecule is CC(=O)NC(=NO)c1ccnc2[nH]c(-c3cccs3)cc12. The van der Waals surface area contributed by atoms with Crippen LogP contribution < -0.4 is 5.32 Å². The fourth-order valence-corrected chi connectivity index (χ4v) is 2.81. The van der Waals surface area contributed by atoms with Gasteiger partial charge in [-0.05, 0) is 23.6 Å². The first-order valence-corrected chi connectivity index (χ1v) is 7.08. The molecule has 106 valence electrons. The van der Waals surface area contributed by atoms with E-state index in [0.717, 1.165) is 16.0 Å². The molecule has 0 radical (unpaired) electrons. The quantitative estimate of drug-likeness (QED) is 0.294. The summed E-state index contributed by atoms with van der Waals surface area (Å²) >= 11 is 1.61. The van der Waals surface area contributed by atoms with E-state index >= 15 is 0 Å². The molecule has 3 heterocycles. The van der Waals surface area contributed by atoms with E-state index < -0.39 is 0 Å². The Bertz CT molecular complexity index is 821. The van der Waals surface area contributed by atoms with E-state index in [1.165, 1.54) is 6.92 Å². The molecule has 3 aromatic heterocycles. The number of oxime groups is 1. The lowest BCUT2D eigenvalue weighted by Crippen LogP contribution is -2.29. The molecule has 6 nitrogen and oxygen atoms in total. The van der Waals surface area contributed by atoms with Gasteiger partial charge in [0, 0.05) is 24.1 Å². The third-order valence-electron chi connectivity index (χ3n) is 2.97. The lowest BCUT2D eigenvalue weighted by Gasteiger charge is -2.05. The number of carbonyl (C=O) groups excluding carboxylic acids is 1. The van der Waals surface area contributed by atoms with Gasteiger partial charge in [-0.15, -0.1) is 11.3 Å². The number of nitrogens with one attached hydrogen (secondary N) is 2. The minimum Gasteiger partial charge on any atom is -0.409 e. The Labute approximate surface area is 124 Å². The summed E-state index contributed by atoms with van der Waals surface area (Å²) in [6.45, 7) is 1.36. The standard InChI is InChI=1S/C14H12N4O2S/c1-8(19)16-14(18-20)9-4-5-15-13-10(9)7-11(17-13)12-3-2-6-21-12/h2-7,20H,1H3,(H,15,17)(H,16,18,19). The van der Waals surface area contributed by atoms with E-state index in [9.17, 15) is 4.79 Å². The molecule has 7 heteroatoms. The average molecular weight is 300 g/mol. The molecular weight excluding hydrogens is 288 g/mol. The molecule has 0 bridgehead atoms. The van der Waals surface area contributed by atoms with Gasteiger partial charge in [-0.1, -0.05) is 11.2 Å². The Hall–Kier alpha value is -2.67. The van der Waals surface area contributed by atoms with Crippen molar-refractivity contribution < 1.29 is 10.0 Å². The number of carbonyl (C=O) groups is 1. The minimum absolute atomic E-state index is 0.103. The van der Waals surface area contributed by atoms with Gasteiger partial charge >= 0.3 is 0 Å². The van der Waals surface area contributed by atoms with Gasteiger partial charge in [0.1, 0.15) is 5.65 Å². The van der Waals surface area contributed by atoms with Crippen LogP contribution in [0.4, 0.5) is 0 Å². The highest BCUT2D eigenvalue weighted by Crippen LogP contribution is 2.28. The number of fused-ring (bicyclic) bond motifs is 1. The molecule has 0 saturated carbocycles. The molecule has 0 aliphatic carbocycles. The molecule has 0 aliphatic rings. The van der Waals surface area contributed by atoms with Gasteiger partial charge in [-0.3, -0.25) is 4.79 Å². The highest BCUT2D eigenvalue weighted by atomic mass is 32.1. The number of thiophene rings is 1. The number of amidine groups is 1. The van der Waals surface area contributed by atoms with E-state index in [4.69, 9.17) is 5.21 Å². The third-order valence-corrected chi connectivity index (χ3v) is 3.87. The van der Waals surface area contributed by atoms with E-state index in [1.54, 1.807) is 23.6 Å². The second-order valence-corrected chi connectivity index (χ2v) is 5.36. The smallest absolute Gasteiger partial charge is 0.222 e. The van der Waals surface area contributed by atoms with Gasteiger partial charge in [0.15, 0.2) is 5.84 Å². The van der Waals surface area contributed by atoms with Crippen LogP contribution in [0.15, 0.2) is 41.0 Å². The van der Waals surface area contributed by atoms with Crippen LogP contribution in [0.25, 0.3) is 21.6 Å². The summed E-state index contributed by atoms with van der Waals surface area (Å²) in [7, 11) is 0. The van der Waals surface area contributed by atoms with Crippen LogP contribution in [0, 0.1) is 0 Å². The van der Waals surface area contributed by atoms with Crippen molar-refractivity contribution >= 4 is 34.1 Å². The van der Waals surface area contributed by atoms with Gasteiger partial charge in [-0.2, -0.15) is 0 Å². The van der Waals surface area contributed by atoms with Crippen LogP contribution in [0.3, 0.4) is 0 Å². The fourth-order valence-electron chi connectivity index (χ4n) is 2.11. The first-order chi connectivity index (χ1) is 10.2. The summed E-state index contributed by atoms with van der Waals surface area (Å²) in [5.74, 6) is -0.201. The molecule has 0 fully saturated rings. The number of aromatic nitrogens is 2. The largest absolute Gasteiger partial charge is 0.409 e. The number of hydrogen-bond donors (Lipinski definition) is 3. The monoisotopic (exact) mass is 300 g/mol. The second kappa shape index (κ2) is 5.37. The summed E-state index contributed by atoms with van der Waals surface area (Å²) in [6.07, 6.45) is 1.60. The molecule has 3 aromatic rings. The lowest BCUT2D eigenvalue weighted by atomic mass is 10.1. The van der Waals surface area contributed by atoms with Gasteiger partial charge in [-0.25, -0.2) is 4.98 Å². The van der Waals surface area contributed by atoms with Crippen molar-refractivity contribution in [2.45, 2.75) is 6.92 Å². The van der Waals surface area contributed by atoms with Crippen LogP contribution in [0.1, 0.15) is 12.5 Å². The Morgan fingerprint density at radius 2 is 2.33 bits per heavy atom. The van der Waals surface area contributed by atoms with E-state index in [-0.39, 0.29) is 11.7 Å². The first kappa shape index (κ1) is 13.3. The third kappa shape index (κ3) is 2.50. The van der Waals surface area contributed by atoms with Crippen molar-refractivity contribution in [2.24, 2.45) is 5.16 Å². The predicted molar refractivity (Wildman–Crippen MR) is 81.5 cm³/mol. The maximum Gasteiger partial charge on any atom is 0.222 e. The average Bonchev–Trinajstić information content (AvgIpc) is 3.12. The lowest BCUT2D eigenvalue weighted by molar-refractivity contribution is -0.117. The Kier molecular flexibility index (Phi) is 3.41. The van der Waals surface area contributed by atoms with Gasteiger partial charge in [0.2, 0.25) is 5.91 Å². The zero-order chi connectivity index (χ0) is 14.8. The summed E-state index contributed by atoms with van der Waals surface area (Å²) in [6, 6.07) is 7.59. The second-order valence-electron chi connectivity index (χ2n) is 4.41. The number of H-pyrrole nitrogens is 1. The molecule has 0 saturated heterocycles. The van der Waals surface area contributed by atoms with E-state index in [2.05, 4.69) is 20.4 Å². The molecular formula is C14H12N4O2S. The number of nitrogens with zero attached hydrogens (tertiary/aromatic N) is 2. The van der Waals surface area contributed by atoms with E-state index in [0.29, 0.717) is 11.2 Å². The number of amides is 1. The van der Waals surface area contributed by atoms with Crippen LogP contribution in [-0.4, -0.2) is 26.9 Å². The molecule has 21 heavy (non-hydrogen) atoms. The number of pyridine rings is 1. The van der Waals surface area contributed by atoms with Crippen molar-refractivity contribution in [3.05, 3.63) is 41.4 Å². The number of aromatic amines is 1. The maximum absolute atomic E-state index is 11.2. The number of hydrogen-bond acceptors (Lipinski definition) is 5.